The first-order valence-electron chi connectivity index (χ1n) is 7.89. The Labute approximate surface area is 147 Å². The van der Waals surface area contributed by atoms with Crippen LogP contribution in [0.4, 0.5) is 5.95 Å². The second-order valence-electron chi connectivity index (χ2n) is 5.53. The summed E-state index contributed by atoms with van der Waals surface area (Å²) in [4.78, 5) is 20.8. The summed E-state index contributed by atoms with van der Waals surface area (Å²) in [5, 5.41) is 4.13. The number of hydrogen-bond donors (Lipinski definition) is 1. The van der Waals surface area contributed by atoms with E-state index in [0.29, 0.717) is 18.1 Å². The van der Waals surface area contributed by atoms with Gasteiger partial charge < -0.3 is 10.1 Å². The number of nitrogens with one attached hydrogen (secondary N) is 1. The molecule has 2 heterocycles. The lowest BCUT2D eigenvalue weighted by molar-refractivity contribution is 0.414. The maximum absolute atomic E-state index is 11.9. The zero-order valence-electron chi connectivity index (χ0n) is 14.0. The minimum absolute atomic E-state index is 0. The molecule has 0 bridgehead atoms. The first-order chi connectivity index (χ1) is 11.6. The van der Waals surface area contributed by atoms with Crippen LogP contribution < -0.4 is 15.6 Å². The van der Waals surface area contributed by atoms with Crippen molar-refractivity contribution in [2.75, 3.05) is 12.4 Å². The van der Waals surface area contributed by atoms with Crippen LogP contribution in [0.15, 0.2) is 47.4 Å². The fourth-order valence-corrected chi connectivity index (χ4v) is 2.62. The molecule has 0 spiro atoms. The Morgan fingerprint density at radius 1 is 1.20 bits per heavy atom. The van der Waals surface area contributed by atoms with Crippen LogP contribution >= 0.6 is 0 Å². The molecule has 2 aromatic heterocycles. The van der Waals surface area contributed by atoms with Crippen molar-refractivity contribution in [2.45, 2.75) is 33.9 Å². The summed E-state index contributed by atoms with van der Waals surface area (Å²) in [6.07, 6.45) is 1.73. The van der Waals surface area contributed by atoms with Gasteiger partial charge in [-0.05, 0) is 37.6 Å². The third kappa shape index (κ3) is 3.79. The molecule has 132 valence electrons. The van der Waals surface area contributed by atoms with Gasteiger partial charge in [-0.3, -0.25) is 9.36 Å². The molecule has 0 radical (unpaired) electrons. The van der Waals surface area contributed by atoms with Crippen molar-refractivity contribution in [3.63, 3.8) is 0 Å². The lowest BCUT2D eigenvalue weighted by Crippen LogP contribution is -2.19. The average Bonchev–Trinajstić information content (AvgIpc) is 2.61. The molecule has 1 N–H and O–H groups in total. The normalized spacial score (nSPS) is 11.6. The number of pyridine rings is 1. The highest BCUT2D eigenvalue weighted by molar-refractivity contribution is 5.75. The average molecular weight is 340 g/mol. The molecule has 0 saturated carbocycles. The molecule has 0 amide bonds. The molecule has 0 aliphatic rings. The van der Waals surface area contributed by atoms with Gasteiger partial charge in [0.1, 0.15) is 11.4 Å². The molecule has 0 saturated heterocycles. The third-order valence-corrected chi connectivity index (χ3v) is 4.00. The van der Waals surface area contributed by atoms with Crippen molar-refractivity contribution in [2.24, 2.45) is 0 Å². The third-order valence-electron chi connectivity index (χ3n) is 4.00. The van der Waals surface area contributed by atoms with E-state index in [1.807, 2.05) is 38.1 Å². The summed E-state index contributed by atoms with van der Waals surface area (Å²) in [5.74, 6) is 1.32. The summed E-state index contributed by atoms with van der Waals surface area (Å²) in [6, 6.07) is 11.2. The van der Waals surface area contributed by atoms with Gasteiger partial charge in [0.2, 0.25) is 5.95 Å². The van der Waals surface area contributed by atoms with Crippen LogP contribution in [-0.4, -0.2) is 21.6 Å². The molecule has 3 aromatic rings. The lowest BCUT2D eigenvalue weighted by atomic mass is 10.1. The number of benzene rings is 1. The maximum Gasteiger partial charge on any atom is 0.252 e. The van der Waals surface area contributed by atoms with Crippen LogP contribution in [0.25, 0.3) is 11.0 Å². The number of rotatable bonds is 5. The van der Waals surface area contributed by atoms with Crippen LogP contribution in [0.3, 0.4) is 0 Å². The van der Waals surface area contributed by atoms with Crippen molar-refractivity contribution in [1.29, 1.82) is 0 Å². The Morgan fingerprint density at radius 3 is 2.56 bits per heavy atom. The van der Waals surface area contributed by atoms with E-state index in [4.69, 9.17) is 4.74 Å². The van der Waals surface area contributed by atoms with Crippen LogP contribution in [-0.2, 0) is 6.54 Å². The van der Waals surface area contributed by atoms with Gasteiger partial charge in [0.05, 0.1) is 13.2 Å². The second kappa shape index (κ2) is 7.79. The van der Waals surface area contributed by atoms with E-state index in [9.17, 15) is 4.79 Å². The molecule has 25 heavy (non-hydrogen) atoms. The first-order valence-corrected chi connectivity index (χ1v) is 7.89. The Bertz CT molecular complexity index is 903. The molecule has 0 aliphatic heterocycles. The molecular weight excluding hydrogens is 316 g/mol. The van der Waals surface area contributed by atoms with Crippen LogP contribution in [0, 0.1) is 0 Å². The van der Waals surface area contributed by atoms with Gasteiger partial charge in [0, 0.05) is 24.2 Å². The molecule has 6 nitrogen and oxygen atoms in total. The number of methoxy groups -OCH3 is 1. The van der Waals surface area contributed by atoms with E-state index in [1.165, 1.54) is 0 Å². The number of fused-ring (bicyclic) bond motifs is 1. The van der Waals surface area contributed by atoms with Crippen molar-refractivity contribution in [3.05, 3.63) is 58.5 Å². The van der Waals surface area contributed by atoms with Gasteiger partial charge in [-0.1, -0.05) is 19.6 Å². The zero-order valence-corrected chi connectivity index (χ0v) is 14.0. The minimum Gasteiger partial charge on any atom is -0.497 e. The Morgan fingerprint density at radius 2 is 1.92 bits per heavy atom. The van der Waals surface area contributed by atoms with Crippen molar-refractivity contribution < 1.29 is 4.74 Å². The predicted octanol–water partition coefficient (Wildman–Crippen LogP) is 3.63. The smallest absolute Gasteiger partial charge is 0.252 e. The van der Waals surface area contributed by atoms with E-state index in [0.717, 1.165) is 16.7 Å². The second-order valence-corrected chi connectivity index (χ2v) is 5.53. The van der Waals surface area contributed by atoms with Crippen molar-refractivity contribution >= 4 is 17.0 Å². The number of aromatic nitrogens is 3. The van der Waals surface area contributed by atoms with Gasteiger partial charge in [0.25, 0.3) is 5.56 Å². The number of anilines is 1. The first kappa shape index (κ1) is 18.4. The summed E-state index contributed by atoms with van der Waals surface area (Å²) < 4.78 is 6.81. The van der Waals surface area contributed by atoms with Crippen LogP contribution in [0.2, 0.25) is 0 Å². The highest BCUT2D eigenvalue weighted by atomic mass is 16.5. The largest absolute Gasteiger partial charge is 0.497 e. The van der Waals surface area contributed by atoms with Crippen LogP contribution in [0.5, 0.6) is 5.75 Å². The number of nitrogens with zero attached hydrogens (tertiary/aromatic N) is 3. The maximum atomic E-state index is 11.9. The molecule has 0 unspecified atom stereocenters. The van der Waals surface area contributed by atoms with Crippen molar-refractivity contribution in [3.8, 4) is 5.75 Å². The molecule has 6 heteroatoms. The number of ether oxygens (including phenoxy) is 1. The molecule has 1 atom stereocenters. The SMILES string of the molecule is C.CCn1c(=O)ccc2cnc(N[C@@H](C)c3ccc(OC)cc3)nc21. The lowest BCUT2D eigenvalue weighted by Gasteiger charge is -2.15. The topological polar surface area (TPSA) is 69.0 Å². The van der Waals surface area contributed by atoms with Gasteiger partial charge in [-0.15, -0.1) is 0 Å². The molecule has 1 aromatic carbocycles. The fraction of sp³-hybridized carbons (Fsp3) is 0.316. The van der Waals surface area contributed by atoms with Gasteiger partial charge in [-0.2, -0.15) is 4.98 Å². The number of hydrogen-bond acceptors (Lipinski definition) is 5. The highest BCUT2D eigenvalue weighted by Crippen LogP contribution is 2.20. The van der Waals surface area contributed by atoms with E-state index in [-0.39, 0.29) is 19.0 Å². The monoisotopic (exact) mass is 340 g/mol. The minimum atomic E-state index is -0.0575. The Hall–Kier alpha value is -2.89. The van der Waals surface area contributed by atoms with E-state index >= 15 is 0 Å². The summed E-state index contributed by atoms with van der Waals surface area (Å²) in [5.41, 5.74) is 1.68. The van der Waals surface area contributed by atoms with Crippen molar-refractivity contribution in [1.82, 2.24) is 14.5 Å². The van der Waals surface area contributed by atoms with E-state index in [2.05, 4.69) is 15.3 Å². The Balaban J connectivity index is 0.00000225. The Kier molecular flexibility index (Phi) is 5.75. The van der Waals surface area contributed by atoms with Gasteiger partial charge in [0.15, 0.2) is 0 Å². The molecular formula is C19H24N4O2. The number of aryl methyl sites for hydroxylation is 1. The van der Waals surface area contributed by atoms with E-state index < -0.39 is 0 Å². The predicted molar refractivity (Wildman–Crippen MR) is 101 cm³/mol. The fourth-order valence-electron chi connectivity index (χ4n) is 2.62. The molecule has 3 rings (SSSR count). The van der Waals surface area contributed by atoms with Gasteiger partial charge >= 0.3 is 0 Å². The quantitative estimate of drug-likeness (QED) is 0.768. The summed E-state index contributed by atoms with van der Waals surface area (Å²) >= 11 is 0. The molecule has 0 fully saturated rings. The molecule has 0 aliphatic carbocycles. The highest BCUT2D eigenvalue weighted by Gasteiger charge is 2.10. The van der Waals surface area contributed by atoms with Gasteiger partial charge in [-0.25, -0.2) is 4.98 Å². The summed E-state index contributed by atoms with van der Waals surface area (Å²) in [7, 11) is 1.65. The van der Waals surface area contributed by atoms with Crippen LogP contribution in [0.1, 0.15) is 32.9 Å². The summed E-state index contributed by atoms with van der Waals surface area (Å²) in [6.45, 7) is 4.53. The standard InChI is InChI=1S/C18H20N4O2.CH4/c1-4-22-16(23)10-7-14-11-19-18(21-17(14)22)20-12(2)13-5-8-15(24-3)9-6-13;/h5-12H,4H2,1-3H3,(H,19,20,21);1H4/t12-;/m0./s1. The van der Waals surface area contributed by atoms with E-state index in [1.54, 1.807) is 30.0 Å². The zero-order chi connectivity index (χ0) is 17.1.